The third-order valence-electron chi connectivity index (χ3n) is 4.50. The van der Waals surface area contributed by atoms with Gasteiger partial charge in [-0.15, -0.1) is 0 Å². The monoisotopic (exact) mass is 269 g/mol. The molecule has 1 atom stereocenters. The Kier molecular flexibility index (Phi) is 3.94. The highest BCUT2D eigenvalue weighted by molar-refractivity contribution is 6.12. The normalized spacial score (nSPS) is 20.8. The van der Waals surface area contributed by atoms with E-state index in [4.69, 9.17) is 0 Å². The molecule has 3 rings (SSSR count). The number of rotatable bonds is 1. The smallest absolute Gasteiger partial charge is 0.164 e. The van der Waals surface area contributed by atoms with Crippen LogP contribution in [0, 0.1) is 5.92 Å². The van der Waals surface area contributed by atoms with Gasteiger partial charge in [0, 0.05) is 35.2 Å². The summed E-state index contributed by atoms with van der Waals surface area (Å²) in [4.78, 5) is 16.7. The Labute approximate surface area is 121 Å². The van der Waals surface area contributed by atoms with Crippen molar-refractivity contribution in [2.45, 2.75) is 46.5 Å². The first-order valence-electron chi connectivity index (χ1n) is 7.44. The molecule has 1 heterocycles. The van der Waals surface area contributed by atoms with E-state index in [1.165, 1.54) is 5.56 Å². The number of benzene rings is 1. The number of pyridine rings is 1. The van der Waals surface area contributed by atoms with Crippen molar-refractivity contribution in [1.82, 2.24) is 4.98 Å². The maximum Gasteiger partial charge on any atom is 0.164 e. The molecule has 1 aliphatic rings. The summed E-state index contributed by atoms with van der Waals surface area (Å²) >= 11 is 0. The molecule has 0 spiro atoms. The van der Waals surface area contributed by atoms with Gasteiger partial charge in [-0.25, -0.2) is 0 Å². The van der Waals surface area contributed by atoms with Crippen LogP contribution in [0.5, 0.6) is 0 Å². The molecule has 0 radical (unpaired) electrons. The van der Waals surface area contributed by atoms with Crippen molar-refractivity contribution in [1.29, 1.82) is 0 Å². The molecular weight excluding hydrogens is 246 g/mol. The maximum absolute atomic E-state index is 12.4. The minimum Gasteiger partial charge on any atom is -0.294 e. The topological polar surface area (TPSA) is 30.0 Å². The number of hydrogen-bond donors (Lipinski definition) is 0. The molecule has 0 saturated heterocycles. The molecule has 0 aliphatic heterocycles. The standard InChI is InChI=1S/C16H17NO.C2H6/c1-10(2)16(3)7-14(18)12-6-4-5-11-8-17-9-13(16)15(11)12;1-2/h4-6,8-10H,7H2,1-3H3;1-2H3. The molecule has 2 aromatic rings. The van der Waals surface area contributed by atoms with Gasteiger partial charge in [-0.05, 0) is 16.9 Å². The predicted octanol–water partition coefficient (Wildman–Crippen LogP) is 4.76. The molecule has 1 aromatic carbocycles. The summed E-state index contributed by atoms with van der Waals surface area (Å²) in [5.74, 6) is 0.678. The zero-order chi connectivity index (χ0) is 14.9. The molecule has 0 amide bonds. The number of Topliss-reactive ketones (excluding diaryl/α,β-unsaturated/α-hetero) is 1. The Hall–Kier alpha value is -1.70. The molecule has 106 valence electrons. The fraction of sp³-hybridized carbons (Fsp3) is 0.444. The molecule has 0 N–H and O–H groups in total. The second kappa shape index (κ2) is 5.35. The van der Waals surface area contributed by atoms with Crippen LogP contribution in [0.15, 0.2) is 30.6 Å². The highest BCUT2D eigenvalue weighted by Crippen LogP contribution is 2.44. The van der Waals surface area contributed by atoms with Crippen molar-refractivity contribution < 1.29 is 4.79 Å². The first-order valence-corrected chi connectivity index (χ1v) is 7.44. The summed E-state index contributed by atoms with van der Waals surface area (Å²) < 4.78 is 0. The lowest BCUT2D eigenvalue weighted by atomic mass is 9.65. The van der Waals surface area contributed by atoms with E-state index in [9.17, 15) is 4.79 Å². The summed E-state index contributed by atoms with van der Waals surface area (Å²) in [5.41, 5.74) is 1.99. The first kappa shape index (κ1) is 14.7. The summed E-state index contributed by atoms with van der Waals surface area (Å²) in [6, 6.07) is 5.92. The SMILES string of the molecule is CC.CC(C)C1(C)CC(=O)c2cccc3cncc1c23. The minimum absolute atomic E-state index is 0.0993. The van der Waals surface area contributed by atoms with Crippen LogP contribution >= 0.6 is 0 Å². The number of carbonyl (C=O) groups is 1. The molecule has 20 heavy (non-hydrogen) atoms. The van der Waals surface area contributed by atoms with Crippen molar-refractivity contribution >= 4 is 16.6 Å². The second-order valence-corrected chi connectivity index (χ2v) is 5.76. The van der Waals surface area contributed by atoms with Crippen molar-refractivity contribution in [2.24, 2.45) is 5.92 Å². The highest BCUT2D eigenvalue weighted by Gasteiger charge is 2.39. The zero-order valence-corrected chi connectivity index (χ0v) is 13.0. The van der Waals surface area contributed by atoms with Crippen LogP contribution in [0.4, 0.5) is 0 Å². The van der Waals surface area contributed by atoms with Crippen molar-refractivity contribution in [2.75, 3.05) is 0 Å². The Morgan fingerprint density at radius 1 is 1.20 bits per heavy atom. The molecule has 0 saturated carbocycles. The van der Waals surface area contributed by atoms with E-state index in [-0.39, 0.29) is 11.2 Å². The number of aromatic nitrogens is 1. The minimum atomic E-state index is -0.0993. The average Bonchev–Trinajstić information content (AvgIpc) is 2.46. The number of hydrogen-bond acceptors (Lipinski definition) is 2. The second-order valence-electron chi connectivity index (χ2n) is 5.76. The van der Waals surface area contributed by atoms with E-state index >= 15 is 0 Å². The van der Waals surface area contributed by atoms with E-state index in [0.29, 0.717) is 12.3 Å². The third kappa shape index (κ3) is 2.04. The van der Waals surface area contributed by atoms with E-state index in [0.717, 1.165) is 16.3 Å². The van der Waals surface area contributed by atoms with E-state index in [1.54, 1.807) is 0 Å². The van der Waals surface area contributed by atoms with Gasteiger partial charge in [0.2, 0.25) is 0 Å². The van der Waals surface area contributed by atoms with Gasteiger partial charge >= 0.3 is 0 Å². The van der Waals surface area contributed by atoms with Gasteiger partial charge in [0.05, 0.1) is 0 Å². The quantitative estimate of drug-likeness (QED) is 0.747. The lowest BCUT2D eigenvalue weighted by Crippen LogP contribution is -2.35. The molecular formula is C18H23NO. The van der Waals surface area contributed by atoms with Gasteiger partial charge in [0.15, 0.2) is 5.78 Å². The van der Waals surface area contributed by atoms with Crippen LogP contribution in [0.3, 0.4) is 0 Å². The maximum atomic E-state index is 12.4. The third-order valence-corrected chi connectivity index (χ3v) is 4.50. The number of carbonyl (C=O) groups excluding carboxylic acids is 1. The van der Waals surface area contributed by atoms with E-state index < -0.39 is 0 Å². The van der Waals surface area contributed by atoms with Crippen LogP contribution in [0.1, 0.15) is 57.0 Å². The van der Waals surface area contributed by atoms with Crippen molar-refractivity contribution in [3.8, 4) is 0 Å². The lowest BCUT2D eigenvalue weighted by molar-refractivity contribution is 0.0931. The Balaban J connectivity index is 0.000000704. The summed E-state index contributed by atoms with van der Waals surface area (Å²) in [6.07, 6.45) is 4.38. The Morgan fingerprint density at radius 2 is 1.90 bits per heavy atom. The van der Waals surface area contributed by atoms with Crippen LogP contribution < -0.4 is 0 Å². The van der Waals surface area contributed by atoms with Crippen LogP contribution in [-0.2, 0) is 5.41 Å². The fourth-order valence-electron chi connectivity index (χ4n) is 2.94. The first-order chi connectivity index (χ1) is 9.54. The van der Waals surface area contributed by atoms with Crippen LogP contribution in [0.2, 0.25) is 0 Å². The molecule has 1 aromatic heterocycles. The van der Waals surface area contributed by atoms with Gasteiger partial charge in [0.25, 0.3) is 0 Å². The molecule has 2 nitrogen and oxygen atoms in total. The van der Waals surface area contributed by atoms with Crippen LogP contribution in [-0.4, -0.2) is 10.8 Å². The number of ketones is 1. The molecule has 1 aliphatic carbocycles. The van der Waals surface area contributed by atoms with Gasteiger partial charge in [-0.1, -0.05) is 52.8 Å². The van der Waals surface area contributed by atoms with E-state index in [1.807, 2.05) is 44.4 Å². The van der Waals surface area contributed by atoms with Crippen molar-refractivity contribution in [3.05, 3.63) is 41.7 Å². The van der Waals surface area contributed by atoms with Gasteiger partial charge in [-0.3, -0.25) is 9.78 Å². The summed E-state index contributed by atoms with van der Waals surface area (Å²) in [5, 5.41) is 2.19. The summed E-state index contributed by atoms with van der Waals surface area (Å²) in [7, 11) is 0. The zero-order valence-electron chi connectivity index (χ0n) is 13.0. The molecule has 0 bridgehead atoms. The highest BCUT2D eigenvalue weighted by atomic mass is 16.1. The van der Waals surface area contributed by atoms with Gasteiger partial charge in [0.1, 0.15) is 0 Å². The molecule has 0 fully saturated rings. The fourth-order valence-corrected chi connectivity index (χ4v) is 2.94. The van der Waals surface area contributed by atoms with Crippen molar-refractivity contribution in [3.63, 3.8) is 0 Å². The Bertz CT molecular complexity index is 640. The summed E-state index contributed by atoms with van der Waals surface area (Å²) in [6.45, 7) is 10.5. The predicted molar refractivity (Wildman–Crippen MR) is 84.2 cm³/mol. The van der Waals surface area contributed by atoms with Gasteiger partial charge < -0.3 is 0 Å². The molecule has 2 heteroatoms. The Morgan fingerprint density at radius 3 is 2.55 bits per heavy atom. The molecule has 1 unspecified atom stereocenters. The van der Waals surface area contributed by atoms with Crippen LogP contribution in [0.25, 0.3) is 10.8 Å². The van der Waals surface area contributed by atoms with Gasteiger partial charge in [-0.2, -0.15) is 0 Å². The average molecular weight is 269 g/mol. The number of nitrogens with zero attached hydrogens (tertiary/aromatic N) is 1. The lowest BCUT2D eigenvalue weighted by Gasteiger charge is -2.38. The largest absolute Gasteiger partial charge is 0.294 e. The van der Waals surface area contributed by atoms with E-state index in [2.05, 4.69) is 25.8 Å².